The van der Waals surface area contributed by atoms with E-state index in [1.54, 1.807) is 0 Å². The van der Waals surface area contributed by atoms with Crippen molar-refractivity contribution in [3.63, 3.8) is 0 Å². The molecule has 0 aromatic heterocycles. The van der Waals surface area contributed by atoms with Crippen LogP contribution in [0.1, 0.15) is 53.4 Å². The van der Waals surface area contributed by atoms with Gasteiger partial charge in [0.25, 0.3) is 0 Å². The Morgan fingerprint density at radius 2 is 2.00 bits per heavy atom. The molecule has 2 fully saturated rings. The average molecular weight is 268 g/mol. The maximum absolute atomic E-state index is 5.72. The van der Waals surface area contributed by atoms with Gasteiger partial charge in [0.15, 0.2) is 0 Å². The van der Waals surface area contributed by atoms with E-state index in [2.05, 4.69) is 37.9 Å². The highest BCUT2D eigenvalue weighted by molar-refractivity contribution is 4.96. The Bertz CT molecular complexity index is 263. The van der Waals surface area contributed by atoms with Crippen molar-refractivity contribution >= 4 is 0 Å². The van der Waals surface area contributed by atoms with E-state index in [0.29, 0.717) is 12.1 Å². The van der Waals surface area contributed by atoms with Crippen molar-refractivity contribution in [2.24, 2.45) is 5.92 Å². The van der Waals surface area contributed by atoms with Gasteiger partial charge in [0.2, 0.25) is 0 Å². The van der Waals surface area contributed by atoms with Crippen molar-refractivity contribution in [1.29, 1.82) is 0 Å². The molecule has 2 unspecified atom stereocenters. The van der Waals surface area contributed by atoms with Gasteiger partial charge >= 0.3 is 0 Å². The lowest BCUT2D eigenvalue weighted by atomic mass is 9.85. The number of hydrogen-bond acceptors (Lipinski definition) is 3. The van der Waals surface area contributed by atoms with Crippen LogP contribution >= 0.6 is 0 Å². The SMILES string of the molecule is CCOC1CC(N2CC(CC(C)C)NCC2CC)C1. The summed E-state index contributed by atoms with van der Waals surface area (Å²) < 4.78 is 5.72. The molecule has 2 aliphatic rings. The summed E-state index contributed by atoms with van der Waals surface area (Å²) in [6.07, 6.45) is 5.59. The van der Waals surface area contributed by atoms with Gasteiger partial charge in [0, 0.05) is 37.8 Å². The first-order chi connectivity index (χ1) is 9.13. The summed E-state index contributed by atoms with van der Waals surface area (Å²) in [6.45, 7) is 12.3. The van der Waals surface area contributed by atoms with E-state index in [9.17, 15) is 0 Å². The van der Waals surface area contributed by atoms with E-state index in [0.717, 1.165) is 24.6 Å². The zero-order chi connectivity index (χ0) is 13.8. The average Bonchev–Trinajstić information content (AvgIpc) is 2.32. The number of hydrogen-bond donors (Lipinski definition) is 1. The third-order valence-corrected chi connectivity index (χ3v) is 4.71. The highest BCUT2D eigenvalue weighted by atomic mass is 16.5. The molecule has 112 valence electrons. The molecule has 3 nitrogen and oxygen atoms in total. The molecule has 0 aromatic rings. The zero-order valence-electron chi connectivity index (χ0n) is 13.2. The Labute approximate surface area is 119 Å². The van der Waals surface area contributed by atoms with E-state index in [-0.39, 0.29) is 0 Å². The normalized spacial score (nSPS) is 36.5. The van der Waals surface area contributed by atoms with Crippen molar-refractivity contribution in [2.45, 2.75) is 77.6 Å². The van der Waals surface area contributed by atoms with Crippen LogP contribution in [0.5, 0.6) is 0 Å². The van der Waals surface area contributed by atoms with Gasteiger partial charge in [-0.05, 0) is 38.5 Å². The summed E-state index contributed by atoms with van der Waals surface area (Å²) in [4.78, 5) is 2.78. The van der Waals surface area contributed by atoms with Gasteiger partial charge in [0.05, 0.1) is 6.10 Å². The van der Waals surface area contributed by atoms with Gasteiger partial charge in [-0.2, -0.15) is 0 Å². The number of ether oxygens (including phenoxy) is 1. The summed E-state index contributed by atoms with van der Waals surface area (Å²) >= 11 is 0. The Morgan fingerprint density at radius 3 is 2.58 bits per heavy atom. The first-order valence-electron chi connectivity index (χ1n) is 8.24. The zero-order valence-corrected chi connectivity index (χ0v) is 13.2. The maximum atomic E-state index is 5.72. The minimum Gasteiger partial charge on any atom is -0.378 e. The number of piperazine rings is 1. The second-order valence-electron chi connectivity index (χ2n) is 6.70. The fourth-order valence-corrected chi connectivity index (χ4v) is 3.62. The molecule has 1 aliphatic heterocycles. The van der Waals surface area contributed by atoms with Crippen LogP contribution in [-0.2, 0) is 4.74 Å². The highest BCUT2D eigenvalue weighted by Gasteiger charge is 2.39. The molecule has 0 amide bonds. The highest BCUT2D eigenvalue weighted by Crippen LogP contribution is 2.32. The molecule has 1 saturated heterocycles. The summed E-state index contributed by atoms with van der Waals surface area (Å²) in [5, 5.41) is 3.75. The van der Waals surface area contributed by atoms with Gasteiger partial charge in [-0.1, -0.05) is 20.8 Å². The summed E-state index contributed by atoms with van der Waals surface area (Å²) in [7, 11) is 0. The van der Waals surface area contributed by atoms with Gasteiger partial charge in [-0.15, -0.1) is 0 Å². The molecule has 2 rings (SSSR count). The molecule has 0 bridgehead atoms. The van der Waals surface area contributed by atoms with E-state index in [1.165, 1.54) is 38.8 Å². The van der Waals surface area contributed by atoms with Crippen LogP contribution in [0.25, 0.3) is 0 Å². The lowest BCUT2D eigenvalue weighted by molar-refractivity contribution is -0.0676. The number of nitrogens with one attached hydrogen (secondary N) is 1. The molecule has 1 saturated carbocycles. The molecule has 1 aliphatic carbocycles. The molecule has 0 aromatic carbocycles. The Morgan fingerprint density at radius 1 is 1.26 bits per heavy atom. The van der Waals surface area contributed by atoms with Crippen LogP contribution in [-0.4, -0.2) is 48.8 Å². The third kappa shape index (κ3) is 3.93. The summed E-state index contributed by atoms with van der Waals surface area (Å²) in [5.41, 5.74) is 0. The molecule has 0 spiro atoms. The molecular formula is C16H32N2O. The van der Waals surface area contributed by atoms with Crippen molar-refractivity contribution in [1.82, 2.24) is 10.2 Å². The fraction of sp³-hybridized carbons (Fsp3) is 1.00. The third-order valence-electron chi connectivity index (χ3n) is 4.71. The number of rotatable bonds is 6. The van der Waals surface area contributed by atoms with Crippen molar-refractivity contribution in [2.75, 3.05) is 19.7 Å². The predicted molar refractivity (Wildman–Crippen MR) is 80.5 cm³/mol. The second kappa shape index (κ2) is 7.05. The van der Waals surface area contributed by atoms with E-state index in [1.807, 2.05) is 0 Å². The predicted octanol–water partition coefficient (Wildman–Crippen LogP) is 2.65. The minimum atomic E-state index is 0.533. The van der Waals surface area contributed by atoms with E-state index < -0.39 is 0 Å². The monoisotopic (exact) mass is 268 g/mol. The first kappa shape index (κ1) is 15.3. The largest absolute Gasteiger partial charge is 0.378 e. The topological polar surface area (TPSA) is 24.5 Å². The first-order valence-corrected chi connectivity index (χ1v) is 8.24. The van der Waals surface area contributed by atoms with Crippen LogP contribution in [0.4, 0.5) is 0 Å². The number of nitrogens with zero attached hydrogens (tertiary/aromatic N) is 1. The molecule has 0 radical (unpaired) electrons. The molecular weight excluding hydrogens is 236 g/mol. The molecule has 1 N–H and O–H groups in total. The van der Waals surface area contributed by atoms with Gasteiger partial charge in [0.1, 0.15) is 0 Å². The standard InChI is InChI=1S/C16H32N2O/c1-5-14-10-17-13(7-12(3)4)11-18(14)15-8-16(9-15)19-6-2/h12-17H,5-11H2,1-4H3. The molecule has 2 atom stereocenters. The van der Waals surface area contributed by atoms with Crippen LogP contribution in [0, 0.1) is 5.92 Å². The van der Waals surface area contributed by atoms with Crippen LogP contribution in [0.2, 0.25) is 0 Å². The van der Waals surface area contributed by atoms with E-state index >= 15 is 0 Å². The molecule has 3 heteroatoms. The van der Waals surface area contributed by atoms with Crippen molar-refractivity contribution in [3.05, 3.63) is 0 Å². The smallest absolute Gasteiger partial charge is 0.0604 e. The lowest BCUT2D eigenvalue weighted by Crippen LogP contribution is -2.62. The van der Waals surface area contributed by atoms with Gasteiger partial charge in [-0.3, -0.25) is 4.90 Å². The lowest BCUT2D eigenvalue weighted by Gasteiger charge is -2.50. The van der Waals surface area contributed by atoms with Crippen molar-refractivity contribution in [3.8, 4) is 0 Å². The van der Waals surface area contributed by atoms with Crippen LogP contribution in [0.3, 0.4) is 0 Å². The quantitative estimate of drug-likeness (QED) is 0.801. The van der Waals surface area contributed by atoms with Crippen LogP contribution < -0.4 is 5.32 Å². The Hall–Kier alpha value is -0.120. The summed E-state index contributed by atoms with van der Waals surface area (Å²) in [5.74, 6) is 0.787. The summed E-state index contributed by atoms with van der Waals surface area (Å²) in [6, 6.07) is 2.20. The minimum absolute atomic E-state index is 0.533. The van der Waals surface area contributed by atoms with Crippen LogP contribution in [0.15, 0.2) is 0 Å². The van der Waals surface area contributed by atoms with Gasteiger partial charge in [-0.25, -0.2) is 0 Å². The second-order valence-corrected chi connectivity index (χ2v) is 6.70. The van der Waals surface area contributed by atoms with Crippen molar-refractivity contribution < 1.29 is 4.74 Å². The Kier molecular flexibility index (Phi) is 5.67. The Balaban J connectivity index is 1.84. The fourth-order valence-electron chi connectivity index (χ4n) is 3.62. The maximum Gasteiger partial charge on any atom is 0.0604 e. The molecule has 1 heterocycles. The van der Waals surface area contributed by atoms with E-state index in [4.69, 9.17) is 4.74 Å². The molecule has 19 heavy (non-hydrogen) atoms. The van der Waals surface area contributed by atoms with Gasteiger partial charge < -0.3 is 10.1 Å².